The Balaban J connectivity index is 1.99. The Labute approximate surface area is 200 Å². The first-order valence-corrected chi connectivity index (χ1v) is 11.3. The van der Waals surface area contributed by atoms with Gasteiger partial charge >= 0.3 is 0 Å². The number of benzene rings is 3. The second kappa shape index (κ2) is 10.1. The van der Waals surface area contributed by atoms with Crippen LogP contribution in [-0.2, 0) is 14.9 Å². The first kappa shape index (κ1) is 23.6. The average molecular weight is 461 g/mol. The zero-order valence-corrected chi connectivity index (χ0v) is 19.8. The summed E-state index contributed by atoms with van der Waals surface area (Å²) in [5, 5.41) is 11.7. The van der Waals surface area contributed by atoms with Crippen molar-refractivity contribution in [3.05, 3.63) is 89.6 Å². The van der Waals surface area contributed by atoms with E-state index in [-0.39, 0.29) is 5.82 Å². The van der Waals surface area contributed by atoms with Crippen LogP contribution in [0.25, 0.3) is 10.8 Å². The summed E-state index contributed by atoms with van der Waals surface area (Å²) in [6.07, 6.45) is 4.23. The van der Waals surface area contributed by atoms with Crippen molar-refractivity contribution < 1.29 is 18.6 Å². The summed E-state index contributed by atoms with van der Waals surface area (Å²) in [5.41, 5.74) is 1.91. The Morgan fingerprint density at radius 2 is 1.71 bits per heavy atom. The first-order chi connectivity index (χ1) is 16.5. The molecule has 0 amide bonds. The Morgan fingerprint density at radius 3 is 2.32 bits per heavy atom. The number of hydrogen-bond donors (Lipinski definition) is 0. The number of halogens is 1. The van der Waals surface area contributed by atoms with Crippen LogP contribution in [0.4, 0.5) is 4.39 Å². The van der Waals surface area contributed by atoms with Gasteiger partial charge in [-0.2, -0.15) is 5.26 Å². The molecule has 0 spiro atoms. The molecule has 1 saturated heterocycles. The largest absolute Gasteiger partial charge is 0.501 e. The quantitative estimate of drug-likeness (QED) is 0.424. The number of rotatable bonds is 7. The van der Waals surface area contributed by atoms with Gasteiger partial charge in [-0.15, -0.1) is 0 Å². The summed E-state index contributed by atoms with van der Waals surface area (Å²) >= 11 is 0. The minimum Gasteiger partial charge on any atom is -0.501 e. The van der Waals surface area contributed by atoms with Gasteiger partial charge in [-0.05, 0) is 62.1 Å². The highest BCUT2D eigenvalue weighted by Crippen LogP contribution is 2.50. The zero-order chi connectivity index (χ0) is 24.1. The molecule has 1 unspecified atom stereocenters. The summed E-state index contributed by atoms with van der Waals surface area (Å²) < 4.78 is 31.1. The second-order valence-electron chi connectivity index (χ2n) is 8.69. The molecule has 3 aromatic rings. The van der Waals surface area contributed by atoms with Crippen molar-refractivity contribution in [3.8, 4) is 11.8 Å². The van der Waals surface area contributed by atoms with Gasteiger partial charge in [-0.1, -0.05) is 36.4 Å². The van der Waals surface area contributed by atoms with E-state index >= 15 is 0 Å². The summed E-state index contributed by atoms with van der Waals surface area (Å²) in [7, 11) is 5.25. The van der Waals surface area contributed by atoms with Crippen molar-refractivity contribution in [1.82, 2.24) is 4.90 Å². The molecule has 1 aliphatic rings. The van der Waals surface area contributed by atoms with Gasteiger partial charge in [0, 0.05) is 16.4 Å². The molecular weight excluding hydrogens is 431 g/mol. The van der Waals surface area contributed by atoms with Crippen LogP contribution in [0.5, 0.6) is 5.75 Å². The smallest absolute Gasteiger partial charge is 0.144 e. The molecule has 0 saturated carbocycles. The third kappa shape index (κ3) is 4.32. The highest BCUT2D eigenvalue weighted by atomic mass is 19.1. The molecule has 176 valence electrons. The van der Waals surface area contributed by atoms with Crippen molar-refractivity contribution in [2.75, 3.05) is 34.4 Å². The minimum atomic E-state index is -0.444. The lowest BCUT2D eigenvalue weighted by molar-refractivity contribution is 0.0204. The SMILES string of the molecule is COC=COC(c1cc(C#N)c(OC)c2ccccc12)C1(c2ccc(F)cc2)CCN(C)CC1. The highest BCUT2D eigenvalue weighted by Gasteiger charge is 2.45. The maximum absolute atomic E-state index is 13.9. The maximum atomic E-state index is 13.9. The van der Waals surface area contributed by atoms with E-state index in [1.165, 1.54) is 18.4 Å². The van der Waals surface area contributed by atoms with Crippen LogP contribution in [-0.4, -0.2) is 39.3 Å². The van der Waals surface area contributed by atoms with Crippen LogP contribution in [0.3, 0.4) is 0 Å². The van der Waals surface area contributed by atoms with E-state index in [0.29, 0.717) is 11.3 Å². The van der Waals surface area contributed by atoms with Gasteiger partial charge in [0.1, 0.15) is 36.3 Å². The van der Waals surface area contributed by atoms with Gasteiger partial charge in [0.2, 0.25) is 0 Å². The number of nitriles is 1. The van der Waals surface area contributed by atoms with E-state index in [0.717, 1.165) is 47.8 Å². The van der Waals surface area contributed by atoms with E-state index in [1.54, 1.807) is 20.5 Å². The van der Waals surface area contributed by atoms with E-state index in [4.69, 9.17) is 14.2 Å². The molecule has 0 aliphatic carbocycles. The van der Waals surface area contributed by atoms with Gasteiger partial charge < -0.3 is 19.1 Å². The zero-order valence-electron chi connectivity index (χ0n) is 19.8. The standard InChI is InChI=1S/C28H29FN2O3/c1-31-14-12-28(13-15-31,21-8-10-22(29)11-9-21)27(34-17-16-32-2)25-18-20(19-30)26(33-3)24-7-5-4-6-23(24)25/h4-11,16-18,27H,12-15H2,1-3H3. The molecule has 4 rings (SSSR count). The third-order valence-electron chi connectivity index (χ3n) is 6.84. The molecule has 3 aromatic carbocycles. The predicted octanol–water partition coefficient (Wildman–Crippen LogP) is 5.70. The summed E-state index contributed by atoms with van der Waals surface area (Å²) in [6, 6.07) is 18.8. The lowest BCUT2D eigenvalue weighted by Crippen LogP contribution is -2.45. The summed E-state index contributed by atoms with van der Waals surface area (Å²) in [5.74, 6) is 0.275. The van der Waals surface area contributed by atoms with Crippen molar-refractivity contribution in [1.29, 1.82) is 5.26 Å². The molecule has 6 heteroatoms. The molecule has 0 N–H and O–H groups in total. The summed E-state index contributed by atoms with van der Waals surface area (Å²) in [4.78, 5) is 2.29. The van der Waals surface area contributed by atoms with Crippen molar-refractivity contribution in [3.63, 3.8) is 0 Å². The third-order valence-corrected chi connectivity index (χ3v) is 6.84. The predicted molar refractivity (Wildman–Crippen MR) is 130 cm³/mol. The molecule has 0 aromatic heterocycles. The van der Waals surface area contributed by atoms with Crippen molar-refractivity contribution in [2.24, 2.45) is 0 Å². The fraction of sp³-hybridized carbons (Fsp3) is 0.321. The Bertz CT molecular complexity index is 1210. The number of fused-ring (bicyclic) bond motifs is 1. The van der Waals surface area contributed by atoms with E-state index in [1.807, 2.05) is 42.5 Å². The van der Waals surface area contributed by atoms with Crippen molar-refractivity contribution >= 4 is 10.8 Å². The normalized spacial score (nSPS) is 16.8. The topological polar surface area (TPSA) is 54.7 Å². The number of ether oxygens (including phenoxy) is 3. The van der Waals surface area contributed by atoms with Crippen LogP contribution >= 0.6 is 0 Å². The maximum Gasteiger partial charge on any atom is 0.144 e. The molecule has 1 aliphatic heterocycles. The van der Waals surface area contributed by atoms with E-state index < -0.39 is 11.5 Å². The fourth-order valence-corrected chi connectivity index (χ4v) is 5.07. The number of hydrogen-bond acceptors (Lipinski definition) is 5. The Hall–Kier alpha value is -3.56. The fourth-order valence-electron chi connectivity index (χ4n) is 5.07. The minimum absolute atomic E-state index is 0.273. The molecule has 5 nitrogen and oxygen atoms in total. The molecular formula is C28H29FN2O3. The second-order valence-corrected chi connectivity index (χ2v) is 8.69. The van der Waals surface area contributed by atoms with Crippen molar-refractivity contribution in [2.45, 2.75) is 24.4 Å². The van der Waals surface area contributed by atoms with Crippen LogP contribution in [0.2, 0.25) is 0 Å². The Kier molecular flexibility index (Phi) is 7.04. The van der Waals surface area contributed by atoms with Gasteiger partial charge in [0.15, 0.2) is 0 Å². The van der Waals surface area contributed by atoms with Gasteiger partial charge in [0.25, 0.3) is 0 Å². The van der Waals surface area contributed by atoms with E-state index in [2.05, 4.69) is 18.0 Å². The molecule has 0 bridgehead atoms. The molecule has 1 atom stereocenters. The molecule has 1 heterocycles. The lowest BCUT2D eigenvalue weighted by atomic mass is 9.66. The molecule has 34 heavy (non-hydrogen) atoms. The molecule has 0 radical (unpaired) electrons. The first-order valence-electron chi connectivity index (χ1n) is 11.3. The molecule has 1 fully saturated rings. The van der Waals surface area contributed by atoms with Crippen LogP contribution in [0.1, 0.15) is 35.6 Å². The van der Waals surface area contributed by atoms with Crippen LogP contribution in [0.15, 0.2) is 67.1 Å². The highest BCUT2D eigenvalue weighted by molar-refractivity contribution is 5.93. The lowest BCUT2D eigenvalue weighted by Gasteiger charge is -2.46. The monoisotopic (exact) mass is 460 g/mol. The number of piperidine rings is 1. The van der Waals surface area contributed by atoms with E-state index in [9.17, 15) is 9.65 Å². The Morgan fingerprint density at radius 1 is 1.03 bits per heavy atom. The number of nitrogens with zero attached hydrogens (tertiary/aromatic N) is 2. The number of methoxy groups -OCH3 is 2. The number of likely N-dealkylation sites (tertiary alicyclic amines) is 1. The summed E-state index contributed by atoms with van der Waals surface area (Å²) in [6.45, 7) is 1.73. The van der Waals surface area contributed by atoms with Crippen LogP contribution < -0.4 is 4.74 Å². The van der Waals surface area contributed by atoms with Gasteiger partial charge in [-0.25, -0.2) is 4.39 Å². The van der Waals surface area contributed by atoms with Gasteiger partial charge in [-0.3, -0.25) is 0 Å². The van der Waals surface area contributed by atoms with Crippen LogP contribution in [0, 0.1) is 17.1 Å². The average Bonchev–Trinajstić information content (AvgIpc) is 2.87. The van der Waals surface area contributed by atoms with Gasteiger partial charge in [0.05, 0.1) is 19.8 Å².